The largest absolute Gasteiger partial charge is 0.357 e. The first-order valence-electron chi connectivity index (χ1n) is 9.16. The Morgan fingerprint density at radius 2 is 2.00 bits per heavy atom. The van der Waals surface area contributed by atoms with Gasteiger partial charge in [-0.05, 0) is 63.9 Å². The molecule has 1 heterocycles. The molecule has 1 aliphatic rings. The number of hydrogen-bond acceptors (Lipinski definition) is 2. The fraction of sp³-hybridized carbons (Fsp3) is 0.632. The average Bonchev–Trinajstić information content (AvgIpc) is 3.09. The summed E-state index contributed by atoms with van der Waals surface area (Å²) in [5, 5.41) is 4.19. The Balaban J connectivity index is 1.79. The van der Waals surface area contributed by atoms with E-state index in [0.29, 0.717) is 0 Å². The minimum Gasteiger partial charge on any atom is -0.357 e. The number of halogens is 1. The second-order valence-corrected chi connectivity index (χ2v) is 6.85. The molecular formula is C19H31ClN4. The molecule has 0 atom stereocenters. The first kappa shape index (κ1) is 19.1. The lowest BCUT2D eigenvalue weighted by atomic mass is 10.2. The number of rotatable bonds is 8. The molecule has 1 aromatic carbocycles. The van der Waals surface area contributed by atoms with Gasteiger partial charge in [-0.25, -0.2) is 0 Å². The summed E-state index contributed by atoms with van der Waals surface area (Å²) in [4.78, 5) is 9.49. The van der Waals surface area contributed by atoms with E-state index in [0.717, 1.165) is 42.6 Å². The van der Waals surface area contributed by atoms with Crippen molar-refractivity contribution < 1.29 is 0 Å². The van der Waals surface area contributed by atoms with Crippen LogP contribution in [0.1, 0.15) is 38.2 Å². The summed E-state index contributed by atoms with van der Waals surface area (Å²) in [6, 6.07) is 7.99. The number of likely N-dealkylation sites (tertiary alicyclic amines) is 1. The zero-order chi connectivity index (χ0) is 17.2. The smallest absolute Gasteiger partial charge is 0.193 e. The predicted octanol–water partition coefficient (Wildman–Crippen LogP) is 3.61. The molecule has 1 N–H and O–H groups in total. The predicted molar refractivity (Wildman–Crippen MR) is 104 cm³/mol. The summed E-state index contributed by atoms with van der Waals surface area (Å²) in [6.45, 7) is 8.41. The van der Waals surface area contributed by atoms with Gasteiger partial charge in [-0.1, -0.05) is 29.8 Å². The molecule has 0 amide bonds. The summed E-state index contributed by atoms with van der Waals surface area (Å²) in [6.07, 6.45) is 5.12. The van der Waals surface area contributed by atoms with E-state index in [2.05, 4.69) is 35.2 Å². The fourth-order valence-electron chi connectivity index (χ4n) is 3.07. The lowest BCUT2D eigenvalue weighted by molar-refractivity contribution is 0.331. The zero-order valence-corrected chi connectivity index (χ0v) is 15.9. The van der Waals surface area contributed by atoms with E-state index in [-0.39, 0.29) is 0 Å². The van der Waals surface area contributed by atoms with Gasteiger partial charge in [0, 0.05) is 31.7 Å². The summed E-state index contributed by atoms with van der Waals surface area (Å²) >= 11 is 6.27. The van der Waals surface area contributed by atoms with E-state index in [1.807, 2.05) is 18.2 Å². The van der Waals surface area contributed by atoms with Crippen LogP contribution in [0.25, 0.3) is 0 Å². The number of unbranched alkanes of at least 4 members (excludes halogenated alkanes) is 1. The molecule has 1 aromatic rings. The van der Waals surface area contributed by atoms with Gasteiger partial charge in [-0.3, -0.25) is 4.99 Å². The van der Waals surface area contributed by atoms with Crippen LogP contribution in [0, 0.1) is 0 Å². The molecule has 0 radical (unpaired) electrons. The highest BCUT2D eigenvalue weighted by Gasteiger charge is 2.11. The summed E-state index contributed by atoms with van der Waals surface area (Å²) in [5.41, 5.74) is 1.13. The molecule has 2 rings (SSSR count). The van der Waals surface area contributed by atoms with Crippen molar-refractivity contribution >= 4 is 17.6 Å². The number of aliphatic imine (C=N–C) groups is 1. The molecule has 134 valence electrons. The van der Waals surface area contributed by atoms with E-state index >= 15 is 0 Å². The maximum Gasteiger partial charge on any atom is 0.193 e. The third kappa shape index (κ3) is 6.33. The number of nitrogens with one attached hydrogen (secondary N) is 1. The Hall–Kier alpha value is -1.26. The van der Waals surface area contributed by atoms with Crippen LogP contribution in [0.5, 0.6) is 0 Å². The van der Waals surface area contributed by atoms with Gasteiger partial charge >= 0.3 is 0 Å². The second-order valence-electron chi connectivity index (χ2n) is 6.44. The molecule has 4 nitrogen and oxygen atoms in total. The van der Waals surface area contributed by atoms with Gasteiger partial charge in [0.05, 0.1) is 0 Å². The van der Waals surface area contributed by atoms with Crippen LogP contribution < -0.4 is 5.32 Å². The van der Waals surface area contributed by atoms with E-state index in [4.69, 9.17) is 16.6 Å². The van der Waals surface area contributed by atoms with Crippen molar-refractivity contribution in [3.63, 3.8) is 0 Å². The maximum absolute atomic E-state index is 6.27. The molecule has 0 bridgehead atoms. The highest BCUT2D eigenvalue weighted by Crippen LogP contribution is 2.16. The number of nitrogens with zero attached hydrogens (tertiary/aromatic N) is 3. The van der Waals surface area contributed by atoms with Crippen LogP contribution in [-0.4, -0.2) is 55.5 Å². The Kier molecular flexibility index (Phi) is 8.40. The molecule has 0 saturated carbocycles. The highest BCUT2D eigenvalue weighted by atomic mass is 35.5. The van der Waals surface area contributed by atoms with Crippen LogP contribution in [0.15, 0.2) is 29.3 Å². The monoisotopic (exact) mass is 350 g/mol. The first-order chi connectivity index (χ1) is 11.7. The molecule has 1 aliphatic heterocycles. The van der Waals surface area contributed by atoms with E-state index in [9.17, 15) is 0 Å². The van der Waals surface area contributed by atoms with Crippen molar-refractivity contribution in [1.82, 2.24) is 15.1 Å². The van der Waals surface area contributed by atoms with Gasteiger partial charge in [0.2, 0.25) is 0 Å². The minimum atomic E-state index is 0.763. The number of benzene rings is 1. The summed E-state index contributed by atoms with van der Waals surface area (Å²) in [5.74, 6) is 0.957. The molecule has 0 spiro atoms. The lowest BCUT2D eigenvalue weighted by Crippen LogP contribution is -2.38. The van der Waals surface area contributed by atoms with Crippen molar-refractivity contribution in [2.24, 2.45) is 4.99 Å². The summed E-state index contributed by atoms with van der Waals surface area (Å²) in [7, 11) is 2.06. The van der Waals surface area contributed by atoms with E-state index in [1.54, 1.807) is 0 Å². The van der Waals surface area contributed by atoms with Crippen LogP contribution >= 0.6 is 11.6 Å². The summed E-state index contributed by atoms with van der Waals surface area (Å²) < 4.78 is 0. The lowest BCUT2D eigenvalue weighted by Gasteiger charge is -2.22. The normalized spacial score (nSPS) is 15.7. The molecule has 24 heavy (non-hydrogen) atoms. The highest BCUT2D eigenvalue weighted by molar-refractivity contribution is 6.31. The zero-order valence-electron chi connectivity index (χ0n) is 15.1. The Bertz CT molecular complexity index is 512. The Morgan fingerprint density at radius 3 is 2.71 bits per heavy atom. The van der Waals surface area contributed by atoms with Gasteiger partial charge in [-0.15, -0.1) is 0 Å². The van der Waals surface area contributed by atoms with Crippen LogP contribution in [0.2, 0.25) is 5.02 Å². The van der Waals surface area contributed by atoms with Crippen molar-refractivity contribution in [2.75, 3.05) is 39.8 Å². The standard InChI is InChI=1S/C19H31ClN4/c1-3-21-19(22-12-6-7-13-24-14-8-9-15-24)23(2)16-17-10-4-5-11-18(17)20/h4-5,10-11H,3,6-9,12-16H2,1-2H3,(H,21,22). The first-order valence-corrected chi connectivity index (χ1v) is 9.53. The van der Waals surface area contributed by atoms with E-state index < -0.39 is 0 Å². The van der Waals surface area contributed by atoms with Crippen molar-refractivity contribution in [3.8, 4) is 0 Å². The third-order valence-corrected chi connectivity index (χ3v) is 4.77. The molecule has 5 heteroatoms. The van der Waals surface area contributed by atoms with Crippen molar-refractivity contribution in [2.45, 2.75) is 39.2 Å². The van der Waals surface area contributed by atoms with Gasteiger partial charge in [0.1, 0.15) is 0 Å². The van der Waals surface area contributed by atoms with Crippen LogP contribution in [0.4, 0.5) is 0 Å². The van der Waals surface area contributed by atoms with Gasteiger partial charge < -0.3 is 15.1 Å². The molecule has 0 unspecified atom stereocenters. The van der Waals surface area contributed by atoms with Gasteiger partial charge in [-0.2, -0.15) is 0 Å². The fourth-order valence-corrected chi connectivity index (χ4v) is 3.26. The second kappa shape index (κ2) is 10.6. The quantitative estimate of drug-likeness (QED) is 0.441. The van der Waals surface area contributed by atoms with E-state index in [1.165, 1.54) is 38.9 Å². The average molecular weight is 351 g/mol. The molecule has 1 fully saturated rings. The van der Waals surface area contributed by atoms with Crippen LogP contribution in [0.3, 0.4) is 0 Å². The molecular weight excluding hydrogens is 320 g/mol. The SMILES string of the molecule is CCNC(=NCCCCN1CCCC1)N(C)Cc1ccccc1Cl. The topological polar surface area (TPSA) is 30.9 Å². The number of hydrogen-bond donors (Lipinski definition) is 1. The minimum absolute atomic E-state index is 0.763. The van der Waals surface area contributed by atoms with Crippen molar-refractivity contribution in [1.29, 1.82) is 0 Å². The van der Waals surface area contributed by atoms with Gasteiger partial charge in [0.25, 0.3) is 0 Å². The molecule has 0 aliphatic carbocycles. The maximum atomic E-state index is 6.27. The Labute approximate surface area is 151 Å². The van der Waals surface area contributed by atoms with Crippen LogP contribution in [-0.2, 0) is 6.54 Å². The molecule has 0 aromatic heterocycles. The third-order valence-electron chi connectivity index (χ3n) is 4.40. The Morgan fingerprint density at radius 1 is 1.25 bits per heavy atom. The van der Waals surface area contributed by atoms with Gasteiger partial charge in [0.15, 0.2) is 5.96 Å². The molecule has 1 saturated heterocycles. The number of guanidine groups is 1. The van der Waals surface area contributed by atoms with Crippen molar-refractivity contribution in [3.05, 3.63) is 34.9 Å².